The van der Waals surface area contributed by atoms with Crippen LogP contribution in [0.25, 0.3) is 0 Å². The molecule has 0 radical (unpaired) electrons. The lowest BCUT2D eigenvalue weighted by Gasteiger charge is -2.23. The van der Waals surface area contributed by atoms with Gasteiger partial charge in [0.05, 0.1) is 0 Å². The summed E-state index contributed by atoms with van der Waals surface area (Å²) in [5.41, 5.74) is 2.02. The SMILES string of the molecule is CC(=O)N(CCC(=O)Nc1ccc(F)c(F)c1)c1ccc(N2CCCC2)cc1. The normalized spacial score (nSPS) is 13.5. The van der Waals surface area contributed by atoms with Gasteiger partial charge in [0, 0.05) is 56.1 Å². The average Bonchev–Trinajstić information content (AvgIpc) is 3.20. The van der Waals surface area contributed by atoms with E-state index in [4.69, 9.17) is 0 Å². The van der Waals surface area contributed by atoms with Crippen LogP contribution < -0.4 is 15.1 Å². The fourth-order valence-corrected chi connectivity index (χ4v) is 3.30. The number of nitrogens with one attached hydrogen (secondary N) is 1. The summed E-state index contributed by atoms with van der Waals surface area (Å²) < 4.78 is 26.2. The Morgan fingerprint density at radius 2 is 1.71 bits per heavy atom. The topological polar surface area (TPSA) is 52.7 Å². The van der Waals surface area contributed by atoms with Crippen molar-refractivity contribution in [2.24, 2.45) is 0 Å². The summed E-state index contributed by atoms with van der Waals surface area (Å²) >= 11 is 0. The maximum Gasteiger partial charge on any atom is 0.226 e. The Kier molecular flexibility index (Phi) is 6.23. The number of nitrogens with zero attached hydrogens (tertiary/aromatic N) is 2. The molecular weight excluding hydrogens is 364 g/mol. The molecule has 7 heteroatoms. The van der Waals surface area contributed by atoms with Gasteiger partial charge >= 0.3 is 0 Å². The van der Waals surface area contributed by atoms with Gasteiger partial charge in [-0.3, -0.25) is 9.59 Å². The first kappa shape index (κ1) is 19.8. The van der Waals surface area contributed by atoms with Crippen molar-refractivity contribution in [1.29, 1.82) is 0 Å². The zero-order chi connectivity index (χ0) is 20.1. The molecule has 2 aromatic carbocycles. The van der Waals surface area contributed by atoms with Gasteiger partial charge in [0.25, 0.3) is 0 Å². The molecule has 1 heterocycles. The minimum absolute atomic E-state index is 0.0342. The van der Waals surface area contributed by atoms with E-state index in [1.807, 2.05) is 24.3 Å². The fourth-order valence-electron chi connectivity index (χ4n) is 3.30. The van der Waals surface area contributed by atoms with E-state index in [1.165, 1.54) is 30.7 Å². The number of benzene rings is 2. The lowest BCUT2D eigenvalue weighted by molar-refractivity contribution is -0.117. The average molecular weight is 387 g/mol. The van der Waals surface area contributed by atoms with Crippen LogP contribution in [0, 0.1) is 11.6 Å². The van der Waals surface area contributed by atoms with Gasteiger partial charge in [0.2, 0.25) is 11.8 Å². The van der Waals surface area contributed by atoms with Gasteiger partial charge in [-0.2, -0.15) is 0 Å². The molecular formula is C21H23F2N3O2. The minimum atomic E-state index is -1.03. The van der Waals surface area contributed by atoms with Crippen LogP contribution in [0.4, 0.5) is 25.8 Å². The minimum Gasteiger partial charge on any atom is -0.372 e. The largest absolute Gasteiger partial charge is 0.372 e. The number of halogens is 2. The van der Waals surface area contributed by atoms with E-state index in [2.05, 4.69) is 10.2 Å². The molecule has 5 nitrogen and oxygen atoms in total. The number of anilines is 3. The maximum atomic E-state index is 13.2. The van der Waals surface area contributed by atoms with Crippen molar-refractivity contribution in [3.8, 4) is 0 Å². The van der Waals surface area contributed by atoms with Crippen molar-refractivity contribution < 1.29 is 18.4 Å². The summed E-state index contributed by atoms with van der Waals surface area (Å²) in [6.45, 7) is 3.72. The van der Waals surface area contributed by atoms with E-state index in [-0.39, 0.29) is 30.5 Å². The van der Waals surface area contributed by atoms with E-state index in [9.17, 15) is 18.4 Å². The summed E-state index contributed by atoms with van der Waals surface area (Å²) in [6, 6.07) is 10.9. The Morgan fingerprint density at radius 3 is 2.32 bits per heavy atom. The molecule has 3 rings (SSSR count). The first-order valence-electron chi connectivity index (χ1n) is 9.32. The monoisotopic (exact) mass is 387 g/mol. The molecule has 1 N–H and O–H groups in total. The number of carbonyl (C=O) groups is 2. The van der Waals surface area contributed by atoms with Gasteiger partial charge in [0.1, 0.15) is 0 Å². The van der Waals surface area contributed by atoms with Gasteiger partial charge < -0.3 is 15.1 Å². The Bertz CT molecular complexity index is 849. The van der Waals surface area contributed by atoms with E-state index in [0.29, 0.717) is 0 Å². The quantitative estimate of drug-likeness (QED) is 0.817. The highest BCUT2D eigenvalue weighted by atomic mass is 19.2. The van der Waals surface area contributed by atoms with Crippen LogP contribution in [-0.2, 0) is 9.59 Å². The lowest BCUT2D eigenvalue weighted by Crippen LogP contribution is -2.32. The van der Waals surface area contributed by atoms with Gasteiger partial charge in [0.15, 0.2) is 11.6 Å². The van der Waals surface area contributed by atoms with Crippen molar-refractivity contribution in [1.82, 2.24) is 0 Å². The first-order chi connectivity index (χ1) is 13.4. The third-order valence-corrected chi connectivity index (χ3v) is 4.78. The number of hydrogen-bond acceptors (Lipinski definition) is 3. The van der Waals surface area contributed by atoms with Gasteiger partial charge in [-0.25, -0.2) is 8.78 Å². The van der Waals surface area contributed by atoms with Crippen LogP contribution in [0.3, 0.4) is 0 Å². The molecule has 0 saturated carbocycles. The molecule has 28 heavy (non-hydrogen) atoms. The van der Waals surface area contributed by atoms with E-state index in [1.54, 1.807) is 0 Å². The Labute approximate surface area is 162 Å². The third kappa shape index (κ3) is 4.85. The molecule has 148 valence electrons. The Morgan fingerprint density at radius 1 is 1.04 bits per heavy atom. The van der Waals surface area contributed by atoms with Crippen molar-refractivity contribution in [2.45, 2.75) is 26.2 Å². The van der Waals surface area contributed by atoms with Crippen LogP contribution in [0.5, 0.6) is 0 Å². The summed E-state index contributed by atoms with van der Waals surface area (Å²) in [5.74, 6) is -2.56. The second kappa shape index (κ2) is 8.82. The van der Waals surface area contributed by atoms with Crippen LogP contribution in [0.15, 0.2) is 42.5 Å². The van der Waals surface area contributed by atoms with Crippen molar-refractivity contribution >= 4 is 28.9 Å². The van der Waals surface area contributed by atoms with Crippen LogP contribution in [0.1, 0.15) is 26.2 Å². The predicted molar refractivity (Wildman–Crippen MR) is 106 cm³/mol. The lowest BCUT2D eigenvalue weighted by atomic mass is 10.2. The zero-order valence-electron chi connectivity index (χ0n) is 15.8. The van der Waals surface area contributed by atoms with Crippen molar-refractivity contribution in [3.63, 3.8) is 0 Å². The fraction of sp³-hybridized carbons (Fsp3) is 0.333. The first-order valence-corrected chi connectivity index (χ1v) is 9.32. The maximum absolute atomic E-state index is 13.2. The molecule has 0 aliphatic carbocycles. The summed E-state index contributed by atoms with van der Waals surface area (Å²) in [7, 11) is 0. The highest BCUT2D eigenvalue weighted by Crippen LogP contribution is 2.24. The molecule has 1 aliphatic heterocycles. The zero-order valence-corrected chi connectivity index (χ0v) is 15.8. The molecule has 1 saturated heterocycles. The molecule has 0 bridgehead atoms. The van der Waals surface area contributed by atoms with Gasteiger partial charge in [-0.1, -0.05) is 0 Å². The number of carbonyl (C=O) groups excluding carboxylic acids is 2. The van der Waals surface area contributed by atoms with E-state index >= 15 is 0 Å². The van der Waals surface area contributed by atoms with Gasteiger partial charge in [-0.05, 0) is 49.2 Å². The van der Waals surface area contributed by atoms with Gasteiger partial charge in [-0.15, -0.1) is 0 Å². The second-order valence-electron chi connectivity index (χ2n) is 6.81. The van der Waals surface area contributed by atoms with Crippen LogP contribution in [-0.4, -0.2) is 31.4 Å². The smallest absolute Gasteiger partial charge is 0.226 e. The highest BCUT2D eigenvalue weighted by molar-refractivity contribution is 5.94. The van der Waals surface area contributed by atoms with Crippen LogP contribution in [0.2, 0.25) is 0 Å². The van der Waals surface area contributed by atoms with Crippen molar-refractivity contribution in [2.75, 3.05) is 34.8 Å². The molecule has 2 amide bonds. The molecule has 0 aromatic heterocycles. The molecule has 2 aromatic rings. The number of amides is 2. The van der Waals surface area contributed by atoms with E-state index in [0.717, 1.165) is 36.6 Å². The summed E-state index contributed by atoms with van der Waals surface area (Å²) in [5, 5.41) is 2.51. The summed E-state index contributed by atoms with van der Waals surface area (Å²) in [4.78, 5) is 28.0. The predicted octanol–water partition coefficient (Wildman–Crippen LogP) is 3.95. The Hall–Kier alpha value is -2.96. The second-order valence-corrected chi connectivity index (χ2v) is 6.81. The molecule has 0 atom stereocenters. The molecule has 1 aliphatic rings. The number of hydrogen-bond donors (Lipinski definition) is 1. The molecule has 0 unspecified atom stereocenters. The van der Waals surface area contributed by atoms with E-state index < -0.39 is 11.6 Å². The Balaban J connectivity index is 1.60. The highest BCUT2D eigenvalue weighted by Gasteiger charge is 2.16. The summed E-state index contributed by atoms with van der Waals surface area (Å²) in [6.07, 6.45) is 2.41. The molecule has 1 fully saturated rings. The standard InChI is InChI=1S/C21H23F2N3O2/c1-15(27)26(18-7-5-17(6-8-18)25-11-2-3-12-25)13-10-21(28)24-16-4-9-19(22)20(23)14-16/h4-9,14H,2-3,10-13H2,1H3,(H,24,28). The number of rotatable bonds is 6. The van der Waals surface area contributed by atoms with Crippen molar-refractivity contribution in [3.05, 3.63) is 54.1 Å². The van der Waals surface area contributed by atoms with Crippen LogP contribution >= 0.6 is 0 Å². The third-order valence-electron chi connectivity index (χ3n) is 4.78. The molecule has 0 spiro atoms.